The molecular formula is C12H14O2. The Bertz CT molecular complexity index is 461. The average molecular weight is 190 g/mol. The summed E-state index contributed by atoms with van der Waals surface area (Å²) < 4.78 is 5.17. The highest BCUT2D eigenvalue weighted by molar-refractivity contribution is 5.83. The van der Waals surface area contributed by atoms with Crippen molar-refractivity contribution in [3.05, 3.63) is 30.0 Å². The molecule has 0 fully saturated rings. The Morgan fingerprint density at radius 1 is 1.21 bits per heavy atom. The Labute approximate surface area is 83.2 Å². The van der Waals surface area contributed by atoms with Crippen molar-refractivity contribution in [2.24, 2.45) is 0 Å². The lowest BCUT2D eigenvalue weighted by Gasteiger charge is -2.19. The topological polar surface area (TPSA) is 33.4 Å². The molecule has 1 heterocycles. The number of phenols is 1. The zero-order valence-electron chi connectivity index (χ0n) is 8.66. The van der Waals surface area contributed by atoms with Crippen molar-refractivity contribution in [3.8, 4) is 5.75 Å². The molecular weight excluding hydrogens is 176 g/mol. The molecule has 0 aliphatic heterocycles. The van der Waals surface area contributed by atoms with Gasteiger partial charge in [-0.2, -0.15) is 0 Å². The number of benzene rings is 1. The van der Waals surface area contributed by atoms with Crippen molar-refractivity contribution < 1.29 is 9.52 Å². The number of hydrogen-bond donors (Lipinski definition) is 1. The van der Waals surface area contributed by atoms with Gasteiger partial charge >= 0.3 is 0 Å². The van der Waals surface area contributed by atoms with E-state index in [9.17, 15) is 5.11 Å². The minimum absolute atomic E-state index is 0.0446. The van der Waals surface area contributed by atoms with Crippen LogP contribution in [0.2, 0.25) is 0 Å². The van der Waals surface area contributed by atoms with Gasteiger partial charge in [0, 0.05) is 5.39 Å². The van der Waals surface area contributed by atoms with Gasteiger partial charge in [-0.3, -0.25) is 0 Å². The smallest absolute Gasteiger partial charge is 0.175 e. The van der Waals surface area contributed by atoms with Gasteiger partial charge in [0.1, 0.15) is 0 Å². The summed E-state index contributed by atoms with van der Waals surface area (Å²) in [6.07, 6.45) is 1.59. The largest absolute Gasteiger partial charge is 0.504 e. The van der Waals surface area contributed by atoms with Gasteiger partial charge in [0.2, 0.25) is 0 Å². The SMILES string of the molecule is CC(C)(C)c1cc(O)c2occc2c1. The van der Waals surface area contributed by atoms with Crippen molar-refractivity contribution in [2.45, 2.75) is 26.2 Å². The molecule has 14 heavy (non-hydrogen) atoms. The summed E-state index contributed by atoms with van der Waals surface area (Å²) in [6, 6.07) is 5.69. The minimum atomic E-state index is 0.0446. The summed E-state index contributed by atoms with van der Waals surface area (Å²) in [5, 5.41) is 10.7. The van der Waals surface area contributed by atoms with Crippen LogP contribution in [0.15, 0.2) is 28.9 Å². The summed E-state index contributed by atoms with van der Waals surface area (Å²) >= 11 is 0. The Balaban J connectivity index is 2.70. The summed E-state index contributed by atoms with van der Waals surface area (Å²) in [5.41, 5.74) is 1.73. The van der Waals surface area contributed by atoms with E-state index >= 15 is 0 Å². The molecule has 0 radical (unpaired) electrons. The van der Waals surface area contributed by atoms with E-state index in [1.165, 1.54) is 0 Å². The second-order valence-electron chi connectivity index (χ2n) is 4.58. The second-order valence-corrected chi connectivity index (χ2v) is 4.58. The Morgan fingerprint density at radius 3 is 2.57 bits per heavy atom. The molecule has 0 aliphatic rings. The van der Waals surface area contributed by atoms with Gasteiger partial charge in [0.05, 0.1) is 6.26 Å². The standard InChI is InChI=1S/C12H14O2/c1-12(2,3)9-6-8-4-5-14-11(8)10(13)7-9/h4-7,13H,1-3H3. The van der Waals surface area contributed by atoms with Crippen molar-refractivity contribution in [3.63, 3.8) is 0 Å². The number of hydrogen-bond acceptors (Lipinski definition) is 2. The molecule has 0 spiro atoms. The Hall–Kier alpha value is -1.44. The van der Waals surface area contributed by atoms with Crippen LogP contribution in [0.25, 0.3) is 11.0 Å². The first-order chi connectivity index (χ1) is 6.48. The van der Waals surface area contributed by atoms with E-state index in [4.69, 9.17) is 4.42 Å². The van der Waals surface area contributed by atoms with Gasteiger partial charge in [-0.05, 0) is 29.2 Å². The molecule has 74 valence electrons. The lowest BCUT2D eigenvalue weighted by atomic mass is 9.86. The maximum Gasteiger partial charge on any atom is 0.175 e. The maximum absolute atomic E-state index is 9.71. The summed E-state index contributed by atoms with van der Waals surface area (Å²) in [5.74, 6) is 0.220. The lowest BCUT2D eigenvalue weighted by molar-refractivity contribution is 0.461. The molecule has 1 N–H and O–H groups in total. The van der Waals surface area contributed by atoms with Crippen molar-refractivity contribution in [1.29, 1.82) is 0 Å². The fourth-order valence-electron chi connectivity index (χ4n) is 1.50. The molecule has 0 amide bonds. The third-order valence-corrected chi connectivity index (χ3v) is 2.40. The number of rotatable bonds is 0. The van der Waals surface area contributed by atoms with Gasteiger partial charge in [-0.25, -0.2) is 0 Å². The van der Waals surface area contributed by atoms with Gasteiger partial charge in [0.15, 0.2) is 11.3 Å². The molecule has 0 atom stereocenters. The Morgan fingerprint density at radius 2 is 1.93 bits per heavy atom. The second kappa shape index (κ2) is 2.77. The number of fused-ring (bicyclic) bond motifs is 1. The molecule has 0 bridgehead atoms. The number of phenolic OH excluding ortho intramolecular Hbond substituents is 1. The predicted octanol–water partition coefficient (Wildman–Crippen LogP) is 3.44. The average Bonchev–Trinajstić information content (AvgIpc) is 2.50. The highest BCUT2D eigenvalue weighted by Crippen LogP contribution is 2.32. The molecule has 2 heteroatoms. The zero-order valence-corrected chi connectivity index (χ0v) is 8.66. The van der Waals surface area contributed by atoms with Gasteiger partial charge in [0.25, 0.3) is 0 Å². The first-order valence-corrected chi connectivity index (χ1v) is 4.69. The van der Waals surface area contributed by atoms with E-state index in [-0.39, 0.29) is 11.2 Å². The van der Waals surface area contributed by atoms with E-state index in [0.717, 1.165) is 10.9 Å². The van der Waals surface area contributed by atoms with Crippen LogP contribution in [0.1, 0.15) is 26.3 Å². The van der Waals surface area contributed by atoms with E-state index in [1.807, 2.05) is 6.07 Å². The summed E-state index contributed by atoms with van der Waals surface area (Å²) in [4.78, 5) is 0. The minimum Gasteiger partial charge on any atom is -0.504 e. The van der Waals surface area contributed by atoms with Crippen LogP contribution in [0.3, 0.4) is 0 Å². The normalized spacial score (nSPS) is 12.2. The van der Waals surface area contributed by atoms with Gasteiger partial charge in [-0.15, -0.1) is 0 Å². The molecule has 1 aromatic heterocycles. The van der Waals surface area contributed by atoms with Crippen LogP contribution in [0, 0.1) is 0 Å². The zero-order chi connectivity index (χ0) is 10.3. The van der Waals surface area contributed by atoms with Gasteiger partial charge < -0.3 is 9.52 Å². The van der Waals surface area contributed by atoms with Crippen molar-refractivity contribution in [1.82, 2.24) is 0 Å². The lowest BCUT2D eigenvalue weighted by Crippen LogP contribution is -2.10. The van der Waals surface area contributed by atoms with E-state index in [0.29, 0.717) is 5.58 Å². The third kappa shape index (κ3) is 1.37. The van der Waals surface area contributed by atoms with Crippen molar-refractivity contribution in [2.75, 3.05) is 0 Å². The predicted molar refractivity (Wildman–Crippen MR) is 56.6 cm³/mol. The van der Waals surface area contributed by atoms with Crippen LogP contribution in [-0.2, 0) is 5.41 Å². The van der Waals surface area contributed by atoms with E-state index < -0.39 is 0 Å². The van der Waals surface area contributed by atoms with Gasteiger partial charge in [-0.1, -0.05) is 20.8 Å². The summed E-state index contributed by atoms with van der Waals surface area (Å²) in [7, 11) is 0. The molecule has 2 nitrogen and oxygen atoms in total. The number of furan rings is 1. The molecule has 2 aromatic rings. The van der Waals surface area contributed by atoms with E-state index in [1.54, 1.807) is 12.3 Å². The van der Waals surface area contributed by atoms with Crippen LogP contribution >= 0.6 is 0 Å². The fourth-order valence-corrected chi connectivity index (χ4v) is 1.50. The quantitative estimate of drug-likeness (QED) is 0.690. The molecule has 0 saturated heterocycles. The highest BCUT2D eigenvalue weighted by atomic mass is 16.3. The fraction of sp³-hybridized carbons (Fsp3) is 0.333. The Kier molecular flexibility index (Phi) is 1.81. The third-order valence-electron chi connectivity index (χ3n) is 2.40. The monoisotopic (exact) mass is 190 g/mol. The molecule has 0 aliphatic carbocycles. The first-order valence-electron chi connectivity index (χ1n) is 4.69. The first kappa shape index (κ1) is 9.13. The van der Waals surface area contributed by atoms with Crippen LogP contribution < -0.4 is 0 Å². The van der Waals surface area contributed by atoms with Crippen molar-refractivity contribution >= 4 is 11.0 Å². The highest BCUT2D eigenvalue weighted by Gasteiger charge is 2.16. The van der Waals surface area contributed by atoms with Crippen LogP contribution in [-0.4, -0.2) is 5.11 Å². The molecule has 0 saturated carbocycles. The molecule has 1 aromatic carbocycles. The van der Waals surface area contributed by atoms with Crippen LogP contribution in [0.5, 0.6) is 5.75 Å². The van der Waals surface area contributed by atoms with Crippen LogP contribution in [0.4, 0.5) is 0 Å². The molecule has 0 unspecified atom stereocenters. The maximum atomic E-state index is 9.71. The summed E-state index contributed by atoms with van der Waals surface area (Å²) in [6.45, 7) is 6.36. The molecule has 2 rings (SSSR count). The van der Waals surface area contributed by atoms with E-state index in [2.05, 4.69) is 26.8 Å². The number of aromatic hydroxyl groups is 1.